The molecule has 0 aliphatic rings. The molecular weight excluding hydrogens is 358 g/mol. The third kappa shape index (κ3) is 2.85. The van der Waals surface area contributed by atoms with Crippen molar-refractivity contribution in [2.24, 2.45) is 5.84 Å². The highest BCUT2D eigenvalue weighted by Crippen LogP contribution is 2.34. The SMILES string of the molecule is NNC(c1cc2cc(F)ccc2s1)c1cc(Br)ccc1F. The molecule has 3 N–H and O–H groups in total. The van der Waals surface area contributed by atoms with Crippen LogP contribution in [0.1, 0.15) is 16.5 Å². The molecule has 21 heavy (non-hydrogen) atoms. The van der Waals surface area contributed by atoms with Gasteiger partial charge in [-0.15, -0.1) is 11.3 Å². The van der Waals surface area contributed by atoms with Gasteiger partial charge >= 0.3 is 0 Å². The molecule has 2 aromatic carbocycles. The van der Waals surface area contributed by atoms with Crippen molar-refractivity contribution in [2.75, 3.05) is 0 Å². The van der Waals surface area contributed by atoms with Crippen LogP contribution in [0.4, 0.5) is 8.78 Å². The van der Waals surface area contributed by atoms with Gasteiger partial charge in [0.15, 0.2) is 0 Å². The average molecular weight is 369 g/mol. The molecule has 1 unspecified atom stereocenters. The Labute approximate surface area is 132 Å². The third-order valence-electron chi connectivity index (χ3n) is 3.22. The molecule has 0 radical (unpaired) electrons. The van der Waals surface area contributed by atoms with Gasteiger partial charge < -0.3 is 0 Å². The van der Waals surface area contributed by atoms with Crippen molar-refractivity contribution in [3.8, 4) is 0 Å². The van der Waals surface area contributed by atoms with Crippen LogP contribution >= 0.6 is 27.3 Å². The van der Waals surface area contributed by atoms with Crippen LogP contribution in [-0.4, -0.2) is 0 Å². The minimum absolute atomic E-state index is 0.294. The number of thiophene rings is 1. The Morgan fingerprint density at radius 3 is 2.67 bits per heavy atom. The van der Waals surface area contributed by atoms with Crippen molar-refractivity contribution >= 4 is 37.4 Å². The second kappa shape index (κ2) is 5.81. The fraction of sp³-hybridized carbons (Fsp3) is 0.0667. The normalized spacial score (nSPS) is 12.8. The zero-order valence-electron chi connectivity index (χ0n) is 10.7. The number of hydrazine groups is 1. The zero-order chi connectivity index (χ0) is 15.0. The van der Waals surface area contributed by atoms with E-state index in [9.17, 15) is 8.78 Å². The highest BCUT2D eigenvalue weighted by atomic mass is 79.9. The number of benzene rings is 2. The predicted octanol–water partition coefficient (Wildman–Crippen LogP) is 4.49. The number of fused-ring (bicyclic) bond motifs is 1. The van der Waals surface area contributed by atoms with Crippen molar-refractivity contribution in [1.82, 2.24) is 5.43 Å². The molecule has 0 amide bonds. The molecule has 1 atom stereocenters. The van der Waals surface area contributed by atoms with Crippen LogP contribution in [0.15, 0.2) is 46.9 Å². The summed E-state index contributed by atoms with van der Waals surface area (Å²) in [5.74, 6) is 4.97. The summed E-state index contributed by atoms with van der Waals surface area (Å²) >= 11 is 4.79. The lowest BCUT2D eigenvalue weighted by molar-refractivity contribution is 0.564. The molecule has 3 aromatic rings. The molecule has 0 aliphatic carbocycles. The van der Waals surface area contributed by atoms with E-state index >= 15 is 0 Å². The summed E-state index contributed by atoms with van der Waals surface area (Å²) in [5.41, 5.74) is 3.08. The molecule has 1 aromatic heterocycles. The predicted molar refractivity (Wildman–Crippen MR) is 85.0 cm³/mol. The van der Waals surface area contributed by atoms with Crippen LogP contribution < -0.4 is 11.3 Å². The Bertz CT molecular complexity index is 803. The molecule has 0 spiro atoms. The molecule has 108 valence electrons. The van der Waals surface area contributed by atoms with Gasteiger partial charge in [0.2, 0.25) is 0 Å². The first-order chi connectivity index (χ1) is 10.1. The first-order valence-electron chi connectivity index (χ1n) is 6.18. The van der Waals surface area contributed by atoms with Gasteiger partial charge in [0.05, 0.1) is 6.04 Å². The van der Waals surface area contributed by atoms with Crippen molar-refractivity contribution in [2.45, 2.75) is 6.04 Å². The summed E-state index contributed by atoms with van der Waals surface area (Å²) < 4.78 is 29.0. The summed E-state index contributed by atoms with van der Waals surface area (Å²) in [6, 6.07) is 10.6. The molecule has 2 nitrogen and oxygen atoms in total. The second-order valence-corrected chi connectivity index (χ2v) is 6.63. The highest BCUT2D eigenvalue weighted by molar-refractivity contribution is 9.10. The Morgan fingerprint density at radius 1 is 1.10 bits per heavy atom. The molecule has 0 fully saturated rings. The Morgan fingerprint density at radius 2 is 1.90 bits per heavy atom. The number of rotatable bonds is 3. The second-order valence-electron chi connectivity index (χ2n) is 4.60. The summed E-state index contributed by atoms with van der Waals surface area (Å²) in [5, 5.41) is 0.783. The van der Waals surface area contributed by atoms with Gasteiger partial charge in [0.1, 0.15) is 11.6 Å². The number of nitrogens with one attached hydrogen (secondary N) is 1. The Hall–Kier alpha value is -1.34. The lowest BCUT2D eigenvalue weighted by atomic mass is 10.0. The van der Waals surface area contributed by atoms with Crippen molar-refractivity contribution in [1.29, 1.82) is 0 Å². The van der Waals surface area contributed by atoms with E-state index < -0.39 is 6.04 Å². The van der Waals surface area contributed by atoms with Crippen LogP contribution in [0.3, 0.4) is 0 Å². The Kier molecular flexibility index (Phi) is 4.03. The maximum atomic E-state index is 14.0. The van der Waals surface area contributed by atoms with Crippen molar-refractivity contribution < 1.29 is 8.78 Å². The summed E-state index contributed by atoms with van der Waals surface area (Å²) in [7, 11) is 0. The molecule has 0 bridgehead atoms. The van der Waals surface area contributed by atoms with E-state index in [1.165, 1.54) is 29.5 Å². The Balaban J connectivity index is 2.11. The van der Waals surface area contributed by atoms with E-state index in [0.29, 0.717) is 5.56 Å². The molecule has 0 saturated carbocycles. The van der Waals surface area contributed by atoms with E-state index in [-0.39, 0.29) is 11.6 Å². The lowest BCUT2D eigenvalue weighted by Gasteiger charge is -2.15. The lowest BCUT2D eigenvalue weighted by Crippen LogP contribution is -2.28. The first kappa shape index (κ1) is 14.6. The van der Waals surface area contributed by atoms with Gasteiger partial charge in [-0.3, -0.25) is 5.84 Å². The van der Waals surface area contributed by atoms with Crippen LogP contribution in [0.5, 0.6) is 0 Å². The standard InChI is InChI=1S/C15H11BrF2N2S/c16-9-1-3-12(18)11(7-9)15(20-19)14-6-8-5-10(17)2-4-13(8)21-14/h1-7,15,20H,19H2. The summed E-state index contributed by atoms with van der Waals surface area (Å²) in [6.07, 6.45) is 0. The molecule has 0 saturated heterocycles. The monoisotopic (exact) mass is 368 g/mol. The fourth-order valence-electron chi connectivity index (χ4n) is 2.24. The van der Waals surface area contributed by atoms with Crippen LogP contribution in [0.2, 0.25) is 0 Å². The third-order valence-corrected chi connectivity index (χ3v) is 4.89. The average Bonchev–Trinajstić information content (AvgIpc) is 2.86. The van der Waals surface area contributed by atoms with Crippen LogP contribution in [-0.2, 0) is 0 Å². The van der Waals surface area contributed by atoms with Crippen molar-refractivity contribution in [3.63, 3.8) is 0 Å². The number of nitrogens with two attached hydrogens (primary N) is 1. The van der Waals surface area contributed by atoms with Crippen LogP contribution in [0.25, 0.3) is 10.1 Å². The van der Waals surface area contributed by atoms with Gasteiger partial charge in [-0.05, 0) is 47.9 Å². The van der Waals surface area contributed by atoms with E-state index in [1.807, 2.05) is 6.07 Å². The quantitative estimate of drug-likeness (QED) is 0.527. The van der Waals surface area contributed by atoms with Gasteiger partial charge in [-0.2, -0.15) is 0 Å². The van der Waals surface area contributed by atoms with Gasteiger partial charge in [-0.25, -0.2) is 14.2 Å². The number of hydrogen-bond donors (Lipinski definition) is 2. The summed E-state index contributed by atoms with van der Waals surface area (Å²) in [6.45, 7) is 0. The molecule has 0 aliphatic heterocycles. The maximum Gasteiger partial charge on any atom is 0.128 e. The zero-order valence-corrected chi connectivity index (χ0v) is 13.1. The smallest absolute Gasteiger partial charge is 0.128 e. The fourth-order valence-corrected chi connectivity index (χ4v) is 3.74. The van der Waals surface area contributed by atoms with E-state index in [4.69, 9.17) is 5.84 Å². The minimum Gasteiger partial charge on any atom is -0.271 e. The van der Waals surface area contributed by atoms with Gasteiger partial charge in [0, 0.05) is 19.6 Å². The van der Waals surface area contributed by atoms with E-state index in [0.717, 1.165) is 19.4 Å². The van der Waals surface area contributed by atoms with Gasteiger partial charge in [-0.1, -0.05) is 15.9 Å². The largest absolute Gasteiger partial charge is 0.271 e. The molecule has 3 rings (SSSR count). The minimum atomic E-state index is -0.483. The summed E-state index contributed by atoms with van der Waals surface area (Å²) in [4.78, 5) is 0.829. The molecule has 6 heteroatoms. The highest BCUT2D eigenvalue weighted by Gasteiger charge is 2.19. The van der Waals surface area contributed by atoms with Crippen LogP contribution in [0, 0.1) is 11.6 Å². The van der Waals surface area contributed by atoms with Gasteiger partial charge in [0.25, 0.3) is 0 Å². The number of halogens is 3. The first-order valence-corrected chi connectivity index (χ1v) is 7.79. The van der Waals surface area contributed by atoms with Crippen molar-refractivity contribution in [3.05, 3.63) is 69.0 Å². The van der Waals surface area contributed by atoms with E-state index in [1.54, 1.807) is 18.2 Å². The van der Waals surface area contributed by atoms with E-state index in [2.05, 4.69) is 21.4 Å². The number of hydrogen-bond acceptors (Lipinski definition) is 3. The topological polar surface area (TPSA) is 38.0 Å². The molecular formula is C15H11BrF2N2S. The molecule has 1 heterocycles. The maximum absolute atomic E-state index is 14.0.